The first-order chi connectivity index (χ1) is 13.0. The summed E-state index contributed by atoms with van der Waals surface area (Å²) in [5.74, 6) is 0.311. The van der Waals surface area contributed by atoms with E-state index >= 15 is 0 Å². The van der Waals surface area contributed by atoms with Crippen LogP contribution in [0.2, 0.25) is 5.02 Å². The maximum absolute atomic E-state index is 12.4. The summed E-state index contributed by atoms with van der Waals surface area (Å²) in [5.41, 5.74) is 1.15. The van der Waals surface area contributed by atoms with Crippen molar-refractivity contribution >= 4 is 23.2 Å². The lowest BCUT2D eigenvalue weighted by Gasteiger charge is -2.15. The van der Waals surface area contributed by atoms with Crippen LogP contribution in [0.1, 0.15) is 12.5 Å². The highest BCUT2D eigenvalue weighted by atomic mass is 35.5. The zero-order valence-corrected chi connectivity index (χ0v) is 15.5. The van der Waals surface area contributed by atoms with Crippen LogP contribution in [0.15, 0.2) is 77.7 Å². The molecular formula is C21H19ClN2O3. The van der Waals surface area contributed by atoms with Crippen LogP contribution in [0.25, 0.3) is 0 Å². The van der Waals surface area contributed by atoms with Gasteiger partial charge in [-0.3, -0.25) is 9.59 Å². The van der Waals surface area contributed by atoms with Crippen molar-refractivity contribution in [3.63, 3.8) is 0 Å². The minimum atomic E-state index is -0.684. The molecule has 0 bridgehead atoms. The Bertz CT molecular complexity index is 986. The molecule has 6 heteroatoms. The van der Waals surface area contributed by atoms with Gasteiger partial charge in [0, 0.05) is 17.3 Å². The fourth-order valence-corrected chi connectivity index (χ4v) is 2.74. The maximum Gasteiger partial charge on any atom is 0.265 e. The van der Waals surface area contributed by atoms with Gasteiger partial charge >= 0.3 is 0 Å². The third-order valence-electron chi connectivity index (χ3n) is 3.97. The van der Waals surface area contributed by atoms with E-state index in [9.17, 15) is 9.59 Å². The number of benzene rings is 2. The number of carbonyl (C=O) groups excluding carboxylic acids is 1. The van der Waals surface area contributed by atoms with E-state index in [1.807, 2.05) is 36.4 Å². The molecule has 0 aliphatic rings. The SMILES string of the molecule is CC(Oc1ccccc1)C(=O)Nc1ccc(=O)n(Cc2ccccc2Cl)c1. The van der Waals surface area contributed by atoms with Crippen molar-refractivity contribution in [1.82, 2.24) is 4.57 Å². The number of carbonyl (C=O) groups is 1. The molecule has 1 N–H and O–H groups in total. The number of ether oxygens (including phenoxy) is 1. The Hall–Kier alpha value is -3.05. The van der Waals surface area contributed by atoms with Crippen LogP contribution in [0.4, 0.5) is 5.69 Å². The standard InChI is InChI=1S/C21H19ClN2O3/c1-15(27-18-8-3-2-4-9-18)21(26)23-17-11-12-20(25)24(14-17)13-16-7-5-6-10-19(16)22/h2-12,14-15H,13H2,1H3,(H,23,26). The van der Waals surface area contributed by atoms with Crippen LogP contribution < -0.4 is 15.6 Å². The van der Waals surface area contributed by atoms with Gasteiger partial charge in [0.15, 0.2) is 6.10 Å². The molecule has 0 radical (unpaired) electrons. The van der Waals surface area contributed by atoms with Gasteiger partial charge in [0.05, 0.1) is 12.2 Å². The Morgan fingerprint density at radius 1 is 1.07 bits per heavy atom. The molecule has 1 amide bonds. The van der Waals surface area contributed by atoms with E-state index in [-0.39, 0.29) is 11.5 Å². The molecule has 5 nitrogen and oxygen atoms in total. The molecule has 0 saturated heterocycles. The van der Waals surface area contributed by atoms with Gasteiger partial charge in [0.1, 0.15) is 5.75 Å². The second kappa shape index (κ2) is 8.56. The van der Waals surface area contributed by atoms with Gasteiger partial charge < -0.3 is 14.6 Å². The maximum atomic E-state index is 12.4. The highest BCUT2D eigenvalue weighted by Gasteiger charge is 2.15. The van der Waals surface area contributed by atoms with Crippen molar-refractivity contribution in [2.75, 3.05) is 5.32 Å². The molecule has 1 atom stereocenters. The molecule has 3 aromatic rings. The predicted octanol–water partition coefficient (Wildman–Crippen LogP) is 3.96. The topological polar surface area (TPSA) is 60.3 Å². The number of nitrogens with zero attached hydrogens (tertiary/aromatic N) is 1. The lowest BCUT2D eigenvalue weighted by Crippen LogP contribution is -2.31. The summed E-state index contributed by atoms with van der Waals surface area (Å²) < 4.78 is 7.12. The van der Waals surface area contributed by atoms with Crippen molar-refractivity contribution in [1.29, 1.82) is 0 Å². The molecule has 0 fully saturated rings. The number of rotatable bonds is 6. The van der Waals surface area contributed by atoms with E-state index in [2.05, 4.69) is 5.32 Å². The van der Waals surface area contributed by atoms with Crippen LogP contribution >= 0.6 is 11.6 Å². The number of para-hydroxylation sites is 1. The van der Waals surface area contributed by atoms with Gasteiger partial charge in [-0.1, -0.05) is 48.0 Å². The summed E-state index contributed by atoms with van der Waals surface area (Å²) >= 11 is 6.17. The number of hydrogen-bond donors (Lipinski definition) is 1. The van der Waals surface area contributed by atoms with Crippen molar-refractivity contribution < 1.29 is 9.53 Å². The van der Waals surface area contributed by atoms with Gasteiger partial charge in [-0.05, 0) is 36.8 Å². The van der Waals surface area contributed by atoms with E-state index in [0.29, 0.717) is 23.0 Å². The van der Waals surface area contributed by atoms with E-state index in [1.165, 1.54) is 10.6 Å². The summed E-state index contributed by atoms with van der Waals surface area (Å²) in [7, 11) is 0. The van der Waals surface area contributed by atoms with E-state index in [4.69, 9.17) is 16.3 Å². The summed E-state index contributed by atoms with van der Waals surface area (Å²) in [6.07, 6.45) is 0.912. The Balaban J connectivity index is 1.71. The number of pyridine rings is 1. The van der Waals surface area contributed by atoms with Crippen LogP contribution in [-0.2, 0) is 11.3 Å². The Kier molecular flexibility index (Phi) is 5.94. The highest BCUT2D eigenvalue weighted by molar-refractivity contribution is 6.31. The molecule has 1 unspecified atom stereocenters. The first-order valence-electron chi connectivity index (χ1n) is 8.49. The predicted molar refractivity (Wildman–Crippen MR) is 106 cm³/mol. The highest BCUT2D eigenvalue weighted by Crippen LogP contribution is 2.16. The average Bonchev–Trinajstić information content (AvgIpc) is 2.67. The number of hydrogen-bond acceptors (Lipinski definition) is 3. The fourth-order valence-electron chi connectivity index (χ4n) is 2.54. The zero-order chi connectivity index (χ0) is 19.2. The number of nitrogens with one attached hydrogen (secondary N) is 1. The first-order valence-corrected chi connectivity index (χ1v) is 8.87. The fraction of sp³-hybridized carbons (Fsp3) is 0.143. The van der Waals surface area contributed by atoms with Crippen LogP contribution in [0.3, 0.4) is 0 Å². The summed E-state index contributed by atoms with van der Waals surface area (Å²) in [6, 6.07) is 19.4. The monoisotopic (exact) mass is 382 g/mol. The Morgan fingerprint density at radius 3 is 2.52 bits per heavy atom. The van der Waals surface area contributed by atoms with Crippen LogP contribution in [0, 0.1) is 0 Å². The lowest BCUT2D eigenvalue weighted by molar-refractivity contribution is -0.122. The third-order valence-corrected chi connectivity index (χ3v) is 4.34. The summed E-state index contributed by atoms with van der Waals surface area (Å²) in [6.45, 7) is 1.99. The summed E-state index contributed by atoms with van der Waals surface area (Å²) in [4.78, 5) is 24.5. The van der Waals surface area contributed by atoms with Crippen molar-refractivity contribution in [2.24, 2.45) is 0 Å². The minimum Gasteiger partial charge on any atom is -0.481 e. The van der Waals surface area contributed by atoms with Crippen molar-refractivity contribution in [3.05, 3.63) is 93.9 Å². The molecule has 1 aromatic heterocycles. The number of aromatic nitrogens is 1. The lowest BCUT2D eigenvalue weighted by atomic mass is 10.2. The Labute approximate surface area is 162 Å². The van der Waals surface area contributed by atoms with Crippen molar-refractivity contribution in [3.8, 4) is 5.75 Å². The van der Waals surface area contributed by atoms with Gasteiger partial charge in [-0.25, -0.2) is 0 Å². The molecule has 1 heterocycles. The van der Waals surface area contributed by atoms with E-state index in [0.717, 1.165) is 5.56 Å². The van der Waals surface area contributed by atoms with E-state index in [1.54, 1.807) is 37.4 Å². The smallest absolute Gasteiger partial charge is 0.265 e. The molecule has 0 aliphatic carbocycles. The number of anilines is 1. The molecule has 0 saturated carbocycles. The van der Waals surface area contributed by atoms with Crippen LogP contribution in [0.5, 0.6) is 5.75 Å². The second-order valence-corrected chi connectivity index (χ2v) is 6.44. The number of amides is 1. The average molecular weight is 383 g/mol. The zero-order valence-electron chi connectivity index (χ0n) is 14.8. The first kappa shape index (κ1) is 18.7. The van der Waals surface area contributed by atoms with Gasteiger partial charge in [-0.2, -0.15) is 0 Å². The molecule has 2 aromatic carbocycles. The van der Waals surface area contributed by atoms with Crippen molar-refractivity contribution in [2.45, 2.75) is 19.6 Å². The third kappa shape index (κ3) is 4.99. The minimum absolute atomic E-state index is 0.179. The molecule has 0 spiro atoms. The molecule has 3 rings (SSSR count). The second-order valence-electron chi connectivity index (χ2n) is 6.04. The molecule has 138 valence electrons. The Morgan fingerprint density at radius 2 is 1.78 bits per heavy atom. The van der Waals surface area contributed by atoms with Gasteiger partial charge in [0.25, 0.3) is 11.5 Å². The number of halogens is 1. The van der Waals surface area contributed by atoms with E-state index < -0.39 is 6.10 Å². The normalized spacial score (nSPS) is 11.6. The van der Waals surface area contributed by atoms with Crippen LogP contribution in [-0.4, -0.2) is 16.6 Å². The quantitative estimate of drug-likeness (QED) is 0.702. The summed E-state index contributed by atoms with van der Waals surface area (Å²) in [5, 5.41) is 3.36. The van der Waals surface area contributed by atoms with Gasteiger partial charge in [0.2, 0.25) is 0 Å². The van der Waals surface area contributed by atoms with Gasteiger partial charge in [-0.15, -0.1) is 0 Å². The molecule has 0 aliphatic heterocycles. The largest absolute Gasteiger partial charge is 0.481 e. The molecular weight excluding hydrogens is 364 g/mol. The molecule has 27 heavy (non-hydrogen) atoms.